The molecule has 1 aliphatic rings. The molecule has 0 amide bonds. The second-order valence-electron chi connectivity index (χ2n) is 6.93. The lowest BCUT2D eigenvalue weighted by Gasteiger charge is -2.39. The van der Waals surface area contributed by atoms with E-state index in [2.05, 4.69) is 28.5 Å². The molecule has 3 aromatic heterocycles. The van der Waals surface area contributed by atoms with E-state index in [9.17, 15) is 5.26 Å². The first kappa shape index (κ1) is 15.9. The highest BCUT2D eigenvalue weighted by atomic mass is 32.1. The first-order valence-electron chi connectivity index (χ1n) is 8.27. The summed E-state index contributed by atoms with van der Waals surface area (Å²) in [6, 6.07) is 10.6. The van der Waals surface area contributed by atoms with Gasteiger partial charge in [0.1, 0.15) is 10.6 Å². The molecule has 1 saturated carbocycles. The van der Waals surface area contributed by atoms with Crippen LogP contribution < -0.4 is 11.1 Å². The summed E-state index contributed by atoms with van der Waals surface area (Å²) in [5.74, 6) is 1.16. The second kappa shape index (κ2) is 5.71. The lowest BCUT2D eigenvalue weighted by molar-refractivity contribution is 0.202. The average molecular weight is 349 g/mol. The number of thiophene rings is 1. The molecule has 0 aromatic carbocycles. The maximum absolute atomic E-state index is 9.19. The Morgan fingerprint density at radius 2 is 2.16 bits per heavy atom. The average Bonchev–Trinajstić information content (AvgIpc) is 3.01. The maximum Gasteiger partial charge on any atom is 0.148 e. The smallest absolute Gasteiger partial charge is 0.148 e. The van der Waals surface area contributed by atoms with Gasteiger partial charge in [0.05, 0.1) is 22.9 Å². The van der Waals surface area contributed by atoms with Gasteiger partial charge in [-0.05, 0) is 49.9 Å². The fourth-order valence-corrected chi connectivity index (χ4v) is 4.58. The third-order valence-corrected chi connectivity index (χ3v) is 6.13. The monoisotopic (exact) mass is 349 g/mol. The largest absolute Gasteiger partial charge is 0.396 e. The normalized spacial score (nSPS) is 22.4. The molecule has 1 fully saturated rings. The zero-order valence-electron chi connectivity index (χ0n) is 14.2. The van der Waals surface area contributed by atoms with Gasteiger partial charge in [0.25, 0.3) is 0 Å². The number of hydrogen-bond acceptors (Lipinski definition) is 6. The van der Waals surface area contributed by atoms with Crippen LogP contribution in [0.1, 0.15) is 30.6 Å². The minimum Gasteiger partial charge on any atom is -0.396 e. The first-order chi connectivity index (χ1) is 12.0. The number of hydrogen-bond donors (Lipinski definition) is 2. The Morgan fingerprint density at radius 3 is 2.84 bits per heavy atom. The van der Waals surface area contributed by atoms with Crippen LogP contribution in [-0.2, 0) is 0 Å². The molecule has 3 N–H and O–H groups in total. The highest BCUT2D eigenvalue weighted by Crippen LogP contribution is 2.52. The van der Waals surface area contributed by atoms with Crippen LogP contribution in [0.4, 0.5) is 11.5 Å². The Labute approximate surface area is 150 Å². The first-order valence-corrected chi connectivity index (χ1v) is 9.08. The van der Waals surface area contributed by atoms with Gasteiger partial charge in [0, 0.05) is 29.1 Å². The van der Waals surface area contributed by atoms with Gasteiger partial charge < -0.3 is 11.1 Å². The summed E-state index contributed by atoms with van der Waals surface area (Å²) in [4.78, 5) is 11.5. The van der Waals surface area contributed by atoms with E-state index in [0.717, 1.165) is 34.3 Å². The molecule has 0 aliphatic heterocycles. The lowest BCUT2D eigenvalue weighted by Crippen LogP contribution is -2.30. The van der Waals surface area contributed by atoms with Crippen LogP contribution in [0.15, 0.2) is 30.5 Å². The summed E-state index contributed by atoms with van der Waals surface area (Å²) in [5.41, 5.74) is 8.25. The maximum atomic E-state index is 9.19. The molecule has 1 aliphatic carbocycles. The van der Waals surface area contributed by atoms with E-state index >= 15 is 0 Å². The van der Waals surface area contributed by atoms with E-state index < -0.39 is 0 Å². The van der Waals surface area contributed by atoms with Gasteiger partial charge in [-0.15, -0.1) is 11.3 Å². The number of pyridine rings is 2. The quantitative estimate of drug-likeness (QED) is 0.732. The van der Waals surface area contributed by atoms with Crippen molar-refractivity contribution in [2.45, 2.75) is 25.7 Å². The number of fused-ring (bicyclic) bond motifs is 1. The Balaban J connectivity index is 1.65. The number of nitrogens with one attached hydrogen (secondary N) is 1. The molecule has 5 nitrogen and oxygen atoms in total. The predicted octanol–water partition coefficient (Wildman–Crippen LogP) is 4.39. The van der Waals surface area contributed by atoms with Gasteiger partial charge >= 0.3 is 0 Å². The zero-order chi connectivity index (χ0) is 17.6. The SMILES string of the molecule is CNc1ncc(-c2ccc3cc(C4CC(C)(C#N)C4)sc3n2)cc1N. The van der Waals surface area contributed by atoms with Crippen LogP contribution in [-0.4, -0.2) is 17.0 Å². The van der Waals surface area contributed by atoms with Gasteiger partial charge in [-0.25, -0.2) is 9.97 Å². The number of nitrogens with zero attached hydrogens (tertiary/aromatic N) is 3. The van der Waals surface area contributed by atoms with Crippen molar-refractivity contribution in [1.29, 1.82) is 5.26 Å². The van der Waals surface area contributed by atoms with E-state index in [1.165, 1.54) is 4.88 Å². The number of anilines is 2. The van der Waals surface area contributed by atoms with Crippen molar-refractivity contribution in [2.75, 3.05) is 18.1 Å². The summed E-state index contributed by atoms with van der Waals surface area (Å²) < 4.78 is 0. The molecule has 0 radical (unpaired) electrons. The van der Waals surface area contributed by atoms with Crippen LogP contribution in [0.25, 0.3) is 21.5 Å². The van der Waals surface area contributed by atoms with Crippen LogP contribution in [0.2, 0.25) is 0 Å². The van der Waals surface area contributed by atoms with Gasteiger partial charge in [-0.2, -0.15) is 5.26 Å². The summed E-state index contributed by atoms with van der Waals surface area (Å²) in [6.07, 6.45) is 3.67. The van der Waals surface area contributed by atoms with E-state index in [1.54, 1.807) is 24.6 Å². The molecular weight excluding hydrogens is 330 g/mol. The van der Waals surface area contributed by atoms with Crippen molar-refractivity contribution in [2.24, 2.45) is 5.41 Å². The molecule has 0 bridgehead atoms. The molecule has 6 heteroatoms. The number of nitrogens with two attached hydrogens (primary N) is 1. The molecule has 25 heavy (non-hydrogen) atoms. The van der Waals surface area contributed by atoms with Crippen molar-refractivity contribution in [3.63, 3.8) is 0 Å². The fourth-order valence-electron chi connectivity index (χ4n) is 3.45. The lowest BCUT2D eigenvalue weighted by atomic mass is 9.64. The fraction of sp³-hybridized carbons (Fsp3) is 0.316. The van der Waals surface area contributed by atoms with Gasteiger partial charge in [0.2, 0.25) is 0 Å². The molecule has 4 rings (SSSR count). The molecular formula is C19H19N5S. The summed E-state index contributed by atoms with van der Waals surface area (Å²) >= 11 is 1.73. The molecule has 0 saturated heterocycles. The van der Waals surface area contributed by atoms with Crippen molar-refractivity contribution in [1.82, 2.24) is 9.97 Å². The molecule has 3 aromatic rings. The molecule has 0 spiro atoms. The number of aromatic nitrogens is 2. The summed E-state index contributed by atoms with van der Waals surface area (Å²) in [6.45, 7) is 2.04. The third-order valence-electron chi connectivity index (χ3n) is 4.92. The number of nitrogen functional groups attached to an aromatic ring is 1. The minimum absolute atomic E-state index is 0.155. The topological polar surface area (TPSA) is 87.6 Å². The van der Waals surface area contributed by atoms with Crippen molar-refractivity contribution >= 4 is 33.1 Å². The highest BCUT2D eigenvalue weighted by Gasteiger charge is 2.41. The van der Waals surface area contributed by atoms with Gasteiger partial charge in [-0.1, -0.05) is 0 Å². The van der Waals surface area contributed by atoms with Crippen molar-refractivity contribution in [3.8, 4) is 17.3 Å². The van der Waals surface area contributed by atoms with Crippen LogP contribution in [0, 0.1) is 16.7 Å². The van der Waals surface area contributed by atoms with E-state index in [4.69, 9.17) is 10.7 Å². The summed E-state index contributed by atoms with van der Waals surface area (Å²) in [7, 11) is 1.80. The van der Waals surface area contributed by atoms with Crippen molar-refractivity contribution in [3.05, 3.63) is 35.3 Å². The predicted molar refractivity (Wildman–Crippen MR) is 103 cm³/mol. The highest BCUT2D eigenvalue weighted by molar-refractivity contribution is 7.18. The van der Waals surface area contributed by atoms with Crippen LogP contribution >= 0.6 is 11.3 Å². The second-order valence-corrected chi connectivity index (χ2v) is 7.99. The summed E-state index contributed by atoms with van der Waals surface area (Å²) in [5, 5.41) is 13.3. The number of rotatable bonds is 3. The molecule has 126 valence electrons. The number of nitriles is 1. The van der Waals surface area contributed by atoms with E-state index in [0.29, 0.717) is 17.4 Å². The Hall–Kier alpha value is -2.65. The Morgan fingerprint density at radius 1 is 1.36 bits per heavy atom. The van der Waals surface area contributed by atoms with Crippen molar-refractivity contribution < 1.29 is 0 Å². The van der Waals surface area contributed by atoms with Gasteiger partial charge in [-0.3, -0.25) is 0 Å². The zero-order valence-corrected chi connectivity index (χ0v) is 15.0. The van der Waals surface area contributed by atoms with E-state index in [1.807, 2.05) is 19.1 Å². The van der Waals surface area contributed by atoms with Crippen LogP contribution in [0.3, 0.4) is 0 Å². The third kappa shape index (κ3) is 2.71. The minimum atomic E-state index is -0.155. The van der Waals surface area contributed by atoms with Gasteiger partial charge in [0.15, 0.2) is 0 Å². The Kier molecular flexibility index (Phi) is 3.62. The van der Waals surface area contributed by atoms with Crippen LogP contribution in [0.5, 0.6) is 0 Å². The molecule has 0 unspecified atom stereocenters. The standard InChI is InChI=1S/C19H19N5S/c1-19(10-20)7-13(8-19)16-6-11-3-4-15(24-18(11)25-16)12-5-14(21)17(22-2)23-9-12/h3-6,9,13H,7-8,21H2,1-2H3,(H,22,23). The Bertz CT molecular complexity index is 995. The van der Waals surface area contributed by atoms with E-state index in [-0.39, 0.29) is 5.41 Å². The molecule has 0 atom stereocenters. The molecule has 3 heterocycles.